The van der Waals surface area contributed by atoms with Crippen molar-refractivity contribution in [2.24, 2.45) is 0 Å². The summed E-state index contributed by atoms with van der Waals surface area (Å²) in [5.74, 6) is 0.0295. The van der Waals surface area contributed by atoms with Gasteiger partial charge in [0.2, 0.25) is 0 Å². The van der Waals surface area contributed by atoms with Gasteiger partial charge in [-0.3, -0.25) is 4.79 Å². The zero-order valence-corrected chi connectivity index (χ0v) is 13.7. The molecule has 0 aliphatic carbocycles. The molecular weight excluding hydrogens is 310 g/mol. The summed E-state index contributed by atoms with van der Waals surface area (Å²) in [6, 6.07) is 9.41. The average molecular weight is 327 g/mol. The van der Waals surface area contributed by atoms with Crippen LogP contribution in [0.3, 0.4) is 0 Å². The van der Waals surface area contributed by atoms with Crippen LogP contribution in [0.1, 0.15) is 35.9 Å². The molecule has 1 saturated heterocycles. The average Bonchev–Trinajstić information content (AvgIpc) is 3.01. The largest absolute Gasteiger partial charge is 0.422 e. The van der Waals surface area contributed by atoms with Crippen LogP contribution in [0.15, 0.2) is 39.5 Å². The predicted molar refractivity (Wildman–Crippen MR) is 92.2 cm³/mol. The third-order valence-corrected chi connectivity index (χ3v) is 5.72. The SMILES string of the molecule is C[C@H]1CCCCN1C(=O)c1cc2c(=O)oc3ccccc3c2s1. The topological polar surface area (TPSA) is 50.5 Å². The molecule has 5 heteroatoms. The maximum Gasteiger partial charge on any atom is 0.345 e. The van der Waals surface area contributed by atoms with Gasteiger partial charge in [0.05, 0.1) is 15.0 Å². The molecular formula is C18H17NO3S. The van der Waals surface area contributed by atoms with Crippen LogP contribution in [0.25, 0.3) is 21.1 Å². The van der Waals surface area contributed by atoms with Crippen molar-refractivity contribution in [3.8, 4) is 0 Å². The molecule has 0 saturated carbocycles. The minimum atomic E-state index is -0.374. The Morgan fingerprint density at radius 2 is 2.09 bits per heavy atom. The number of amides is 1. The first-order valence-electron chi connectivity index (χ1n) is 7.91. The number of thiophene rings is 1. The van der Waals surface area contributed by atoms with E-state index in [4.69, 9.17) is 4.42 Å². The lowest BCUT2D eigenvalue weighted by Gasteiger charge is -2.33. The molecule has 0 bridgehead atoms. The first-order valence-corrected chi connectivity index (χ1v) is 8.73. The normalized spacial score (nSPS) is 18.7. The minimum Gasteiger partial charge on any atom is -0.422 e. The Bertz CT molecular complexity index is 956. The Kier molecular flexibility index (Phi) is 3.45. The van der Waals surface area contributed by atoms with Gasteiger partial charge < -0.3 is 9.32 Å². The molecule has 0 unspecified atom stereocenters. The smallest absolute Gasteiger partial charge is 0.345 e. The van der Waals surface area contributed by atoms with Crippen LogP contribution in [0.4, 0.5) is 0 Å². The summed E-state index contributed by atoms with van der Waals surface area (Å²) in [7, 11) is 0. The van der Waals surface area contributed by atoms with Gasteiger partial charge in [-0.15, -0.1) is 11.3 Å². The Hall–Kier alpha value is -2.14. The van der Waals surface area contributed by atoms with Crippen LogP contribution >= 0.6 is 11.3 Å². The number of hydrogen-bond donors (Lipinski definition) is 0. The maximum absolute atomic E-state index is 12.8. The molecule has 118 valence electrons. The van der Waals surface area contributed by atoms with E-state index in [0.29, 0.717) is 15.8 Å². The Morgan fingerprint density at radius 1 is 1.26 bits per heavy atom. The van der Waals surface area contributed by atoms with E-state index in [2.05, 4.69) is 6.92 Å². The fourth-order valence-corrected chi connectivity index (χ4v) is 4.42. The summed E-state index contributed by atoms with van der Waals surface area (Å²) in [6.45, 7) is 2.89. The molecule has 1 amide bonds. The fraction of sp³-hybridized carbons (Fsp3) is 0.333. The van der Waals surface area contributed by atoms with Crippen molar-refractivity contribution in [2.75, 3.05) is 6.54 Å². The summed E-state index contributed by atoms with van der Waals surface area (Å²) in [4.78, 5) is 27.6. The molecule has 4 rings (SSSR count). The van der Waals surface area contributed by atoms with Crippen LogP contribution < -0.4 is 5.63 Å². The molecule has 1 aliphatic rings. The summed E-state index contributed by atoms with van der Waals surface area (Å²) in [6.07, 6.45) is 3.26. The van der Waals surface area contributed by atoms with Gasteiger partial charge in [0, 0.05) is 18.0 Å². The molecule has 1 fully saturated rings. The molecule has 1 aliphatic heterocycles. The Morgan fingerprint density at radius 3 is 2.91 bits per heavy atom. The van der Waals surface area contributed by atoms with Gasteiger partial charge in [-0.05, 0) is 44.4 Å². The van der Waals surface area contributed by atoms with Gasteiger partial charge in [-0.2, -0.15) is 0 Å². The number of piperidine rings is 1. The van der Waals surface area contributed by atoms with Crippen LogP contribution in [-0.2, 0) is 0 Å². The molecule has 3 aromatic rings. The second kappa shape index (κ2) is 5.49. The zero-order valence-electron chi connectivity index (χ0n) is 12.9. The lowest BCUT2D eigenvalue weighted by molar-refractivity contribution is 0.0641. The van der Waals surface area contributed by atoms with Gasteiger partial charge in [-0.1, -0.05) is 12.1 Å². The van der Waals surface area contributed by atoms with Crippen molar-refractivity contribution in [3.63, 3.8) is 0 Å². The zero-order chi connectivity index (χ0) is 16.0. The number of nitrogens with zero attached hydrogens (tertiary/aromatic N) is 1. The molecule has 3 heterocycles. The van der Waals surface area contributed by atoms with Crippen LogP contribution in [0, 0.1) is 0 Å². The van der Waals surface area contributed by atoms with E-state index in [-0.39, 0.29) is 17.6 Å². The van der Waals surface area contributed by atoms with Gasteiger partial charge in [-0.25, -0.2) is 4.79 Å². The number of fused-ring (bicyclic) bond motifs is 3. The number of carbonyl (C=O) groups is 1. The van der Waals surface area contributed by atoms with Crippen molar-refractivity contribution in [1.29, 1.82) is 0 Å². The van der Waals surface area contributed by atoms with E-state index >= 15 is 0 Å². The maximum atomic E-state index is 12.8. The van der Waals surface area contributed by atoms with E-state index in [9.17, 15) is 9.59 Å². The van der Waals surface area contributed by atoms with Crippen molar-refractivity contribution in [2.45, 2.75) is 32.2 Å². The molecule has 4 nitrogen and oxygen atoms in total. The van der Waals surface area contributed by atoms with Gasteiger partial charge in [0.15, 0.2) is 0 Å². The standard InChI is InChI=1S/C18H17NO3S/c1-11-6-4-5-9-19(11)17(20)15-10-13-16(23-15)12-7-2-3-8-14(12)22-18(13)21/h2-3,7-8,10-11H,4-6,9H2,1H3/t11-/m0/s1. The summed E-state index contributed by atoms with van der Waals surface area (Å²) >= 11 is 1.39. The number of para-hydroxylation sites is 1. The third kappa shape index (κ3) is 2.36. The van der Waals surface area contributed by atoms with E-state index in [1.165, 1.54) is 17.8 Å². The number of carbonyl (C=O) groups excluding carboxylic acids is 1. The Labute approximate surface area is 137 Å². The summed E-state index contributed by atoms with van der Waals surface area (Å²) in [5, 5.41) is 1.39. The molecule has 0 N–H and O–H groups in total. The van der Waals surface area contributed by atoms with E-state index in [1.807, 2.05) is 23.1 Å². The van der Waals surface area contributed by atoms with Crippen molar-refractivity contribution in [1.82, 2.24) is 4.90 Å². The summed E-state index contributed by atoms with van der Waals surface area (Å²) in [5.41, 5.74) is 0.192. The first kappa shape index (κ1) is 14.5. The van der Waals surface area contributed by atoms with Crippen molar-refractivity contribution >= 4 is 38.3 Å². The molecule has 0 spiro atoms. The molecule has 2 aromatic heterocycles. The second-order valence-electron chi connectivity index (χ2n) is 6.08. The quantitative estimate of drug-likeness (QED) is 0.634. The predicted octanol–water partition coefficient (Wildman–Crippen LogP) is 4.02. The highest BCUT2D eigenvalue weighted by atomic mass is 32.1. The number of hydrogen-bond acceptors (Lipinski definition) is 4. The highest BCUT2D eigenvalue weighted by Crippen LogP contribution is 2.32. The van der Waals surface area contributed by atoms with Gasteiger partial charge in [0.1, 0.15) is 5.58 Å². The lowest BCUT2D eigenvalue weighted by atomic mass is 10.0. The molecule has 1 aromatic carbocycles. The minimum absolute atomic E-state index is 0.0295. The van der Waals surface area contributed by atoms with E-state index in [1.54, 1.807) is 12.1 Å². The lowest BCUT2D eigenvalue weighted by Crippen LogP contribution is -2.41. The highest BCUT2D eigenvalue weighted by Gasteiger charge is 2.26. The van der Waals surface area contributed by atoms with Crippen molar-refractivity contribution < 1.29 is 9.21 Å². The van der Waals surface area contributed by atoms with Gasteiger partial charge >= 0.3 is 5.63 Å². The van der Waals surface area contributed by atoms with E-state index in [0.717, 1.165) is 29.5 Å². The molecule has 0 radical (unpaired) electrons. The van der Waals surface area contributed by atoms with Crippen LogP contribution in [0.5, 0.6) is 0 Å². The van der Waals surface area contributed by atoms with Gasteiger partial charge in [0.25, 0.3) is 5.91 Å². The van der Waals surface area contributed by atoms with Crippen molar-refractivity contribution in [3.05, 3.63) is 45.6 Å². The highest BCUT2D eigenvalue weighted by molar-refractivity contribution is 7.21. The first-order chi connectivity index (χ1) is 11.1. The monoisotopic (exact) mass is 327 g/mol. The molecule has 23 heavy (non-hydrogen) atoms. The third-order valence-electron chi connectivity index (χ3n) is 4.56. The number of likely N-dealkylation sites (tertiary alicyclic amines) is 1. The summed E-state index contributed by atoms with van der Waals surface area (Å²) < 4.78 is 6.20. The second-order valence-corrected chi connectivity index (χ2v) is 7.13. The van der Waals surface area contributed by atoms with Crippen LogP contribution in [0.2, 0.25) is 0 Å². The number of benzene rings is 1. The number of rotatable bonds is 1. The molecule has 1 atom stereocenters. The van der Waals surface area contributed by atoms with Crippen LogP contribution in [-0.4, -0.2) is 23.4 Å². The Balaban J connectivity index is 1.85. The fourth-order valence-electron chi connectivity index (χ4n) is 3.29. The van der Waals surface area contributed by atoms with E-state index < -0.39 is 0 Å².